The second-order valence-corrected chi connectivity index (χ2v) is 19.7. The molecule has 4 nitrogen and oxygen atoms in total. The molecule has 0 fully saturated rings. The summed E-state index contributed by atoms with van der Waals surface area (Å²) < 4.78 is 0. The first kappa shape index (κ1) is 60.9. The van der Waals surface area contributed by atoms with Crippen LogP contribution < -0.4 is 5.32 Å². The van der Waals surface area contributed by atoms with E-state index >= 15 is 0 Å². The Balaban J connectivity index is 3.45. The molecular weight excluding hydrogens is 759 g/mol. The van der Waals surface area contributed by atoms with Crippen molar-refractivity contribution in [2.45, 2.75) is 334 Å². The Bertz CT molecular complexity index is 901. The van der Waals surface area contributed by atoms with Crippen LogP contribution in [0.25, 0.3) is 0 Å². The van der Waals surface area contributed by atoms with Crippen LogP contribution in [0.3, 0.4) is 0 Å². The van der Waals surface area contributed by atoms with Gasteiger partial charge in [-0.2, -0.15) is 0 Å². The van der Waals surface area contributed by atoms with E-state index in [0.29, 0.717) is 6.42 Å². The summed E-state index contributed by atoms with van der Waals surface area (Å²) >= 11 is 0. The van der Waals surface area contributed by atoms with E-state index in [1.807, 2.05) is 6.08 Å². The van der Waals surface area contributed by atoms with Gasteiger partial charge < -0.3 is 15.5 Å². The maximum atomic E-state index is 12.5. The van der Waals surface area contributed by atoms with Gasteiger partial charge in [0.25, 0.3) is 0 Å². The highest BCUT2D eigenvalue weighted by Crippen LogP contribution is 2.17. The van der Waals surface area contributed by atoms with E-state index in [1.54, 1.807) is 6.08 Å². The molecule has 3 N–H and O–H groups in total. The van der Waals surface area contributed by atoms with Gasteiger partial charge in [0, 0.05) is 6.42 Å². The molecule has 62 heavy (non-hydrogen) atoms. The number of hydrogen-bond acceptors (Lipinski definition) is 3. The topological polar surface area (TPSA) is 69.6 Å². The molecule has 0 aliphatic heterocycles. The van der Waals surface area contributed by atoms with Crippen molar-refractivity contribution in [1.29, 1.82) is 0 Å². The first-order valence-electron chi connectivity index (χ1n) is 28.6. The Morgan fingerprint density at radius 1 is 0.371 bits per heavy atom. The monoisotopic (exact) mass is 872 g/mol. The molecule has 0 aromatic heterocycles. The number of aliphatic hydroxyl groups is 2. The number of hydrogen-bond donors (Lipinski definition) is 3. The zero-order valence-electron chi connectivity index (χ0n) is 42.4. The minimum absolute atomic E-state index is 0.0574. The van der Waals surface area contributed by atoms with Gasteiger partial charge in [0.1, 0.15) is 0 Å². The lowest BCUT2D eigenvalue weighted by molar-refractivity contribution is -0.123. The van der Waals surface area contributed by atoms with Crippen molar-refractivity contribution in [3.63, 3.8) is 0 Å². The molecule has 0 rings (SSSR count). The molecule has 0 radical (unpaired) electrons. The molecule has 2 atom stereocenters. The molecule has 0 aromatic rings. The number of unbranched alkanes of at least 4 members (excludes halogenated alkanes) is 44. The summed E-state index contributed by atoms with van der Waals surface area (Å²) in [5.41, 5.74) is 0. The van der Waals surface area contributed by atoms with Crippen LogP contribution in [0.2, 0.25) is 0 Å². The van der Waals surface area contributed by atoms with Crippen molar-refractivity contribution in [1.82, 2.24) is 5.32 Å². The quantitative estimate of drug-likeness (QED) is 0.0421. The number of rotatable bonds is 53. The average Bonchev–Trinajstić information content (AvgIpc) is 3.28. The van der Waals surface area contributed by atoms with Gasteiger partial charge in [-0.05, 0) is 44.9 Å². The molecule has 2 unspecified atom stereocenters. The summed E-state index contributed by atoms with van der Waals surface area (Å²) in [5.74, 6) is -0.0574. The Labute approximate surface area is 389 Å². The van der Waals surface area contributed by atoms with Gasteiger partial charge in [-0.1, -0.05) is 295 Å². The molecule has 0 spiro atoms. The highest BCUT2D eigenvalue weighted by atomic mass is 16.3. The standard InChI is InChI=1S/C58H113NO3/c1-3-5-7-9-11-13-15-17-19-21-23-25-26-27-28-29-30-31-32-34-36-38-40-42-44-46-48-50-52-54-58(62)59-56(55-60)57(61)53-51-49-47-45-43-41-39-37-35-33-24-22-20-18-16-14-12-10-8-6-4-2/h21,23,51,53,56-57,60-61H,3-20,22,24-50,52,54-55H2,1-2H3,(H,59,62)/b23-21-,53-51+. The maximum absolute atomic E-state index is 12.5. The Kier molecular flexibility index (Phi) is 53.2. The summed E-state index contributed by atoms with van der Waals surface area (Å²) in [6, 6.07) is -0.620. The molecule has 1 amide bonds. The second-order valence-electron chi connectivity index (χ2n) is 19.7. The van der Waals surface area contributed by atoms with Crippen LogP contribution in [-0.2, 0) is 4.79 Å². The summed E-state index contributed by atoms with van der Waals surface area (Å²) in [4.78, 5) is 12.5. The minimum atomic E-state index is -0.837. The lowest BCUT2D eigenvalue weighted by Crippen LogP contribution is -2.45. The third-order valence-corrected chi connectivity index (χ3v) is 13.4. The molecule has 0 aliphatic carbocycles. The molecule has 0 heterocycles. The van der Waals surface area contributed by atoms with Crippen LogP contribution in [-0.4, -0.2) is 34.9 Å². The van der Waals surface area contributed by atoms with Gasteiger partial charge in [0.05, 0.1) is 18.8 Å². The van der Waals surface area contributed by atoms with Crippen molar-refractivity contribution in [2.24, 2.45) is 0 Å². The molecule has 0 aliphatic rings. The Morgan fingerprint density at radius 3 is 0.887 bits per heavy atom. The van der Waals surface area contributed by atoms with Crippen molar-refractivity contribution < 1.29 is 15.0 Å². The first-order valence-corrected chi connectivity index (χ1v) is 28.6. The Hall–Kier alpha value is -1.13. The average molecular weight is 873 g/mol. The maximum Gasteiger partial charge on any atom is 0.220 e. The van der Waals surface area contributed by atoms with Gasteiger partial charge in [-0.25, -0.2) is 0 Å². The van der Waals surface area contributed by atoms with Crippen LogP contribution in [0.15, 0.2) is 24.3 Å². The zero-order chi connectivity index (χ0) is 44.9. The largest absolute Gasteiger partial charge is 0.394 e. The molecular formula is C58H113NO3. The van der Waals surface area contributed by atoms with E-state index in [-0.39, 0.29) is 12.5 Å². The fourth-order valence-corrected chi connectivity index (χ4v) is 9.06. The summed E-state index contributed by atoms with van der Waals surface area (Å²) in [7, 11) is 0. The predicted molar refractivity (Wildman–Crippen MR) is 276 cm³/mol. The van der Waals surface area contributed by atoms with Crippen LogP contribution in [0, 0.1) is 0 Å². The van der Waals surface area contributed by atoms with Gasteiger partial charge in [-0.3, -0.25) is 4.79 Å². The fourth-order valence-electron chi connectivity index (χ4n) is 9.06. The van der Waals surface area contributed by atoms with E-state index in [2.05, 4.69) is 31.3 Å². The normalized spacial score (nSPS) is 12.9. The zero-order valence-corrected chi connectivity index (χ0v) is 42.4. The molecule has 0 saturated carbocycles. The number of aliphatic hydroxyl groups excluding tert-OH is 2. The summed E-state index contributed by atoms with van der Waals surface area (Å²) in [6.07, 6.45) is 72.0. The summed E-state index contributed by atoms with van der Waals surface area (Å²) in [6.45, 7) is 4.35. The third-order valence-electron chi connectivity index (χ3n) is 13.4. The lowest BCUT2D eigenvalue weighted by atomic mass is 10.0. The van der Waals surface area contributed by atoms with Crippen LogP contribution >= 0.6 is 0 Å². The van der Waals surface area contributed by atoms with E-state index < -0.39 is 12.1 Å². The lowest BCUT2D eigenvalue weighted by Gasteiger charge is -2.20. The smallest absolute Gasteiger partial charge is 0.220 e. The van der Waals surface area contributed by atoms with E-state index in [4.69, 9.17) is 0 Å². The number of nitrogens with one attached hydrogen (secondary N) is 1. The fraction of sp³-hybridized carbons (Fsp3) is 0.914. The van der Waals surface area contributed by atoms with Gasteiger partial charge >= 0.3 is 0 Å². The number of allylic oxidation sites excluding steroid dienone is 3. The van der Waals surface area contributed by atoms with E-state index in [1.165, 1.54) is 276 Å². The van der Waals surface area contributed by atoms with Crippen molar-refractivity contribution in [3.8, 4) is 0 Å². The first-order chi connectivity index (χ1) is 30.7. The van der Waals surface area contributed by atoms with Gasteiger partial charge in [-0.15, -0.1) is 0 Å². The van der Waals surface area contributed by atoms with Gasteiger partial charge in [0.2, 0.25) is 5.91 Å². The van der Waals surface area contributed by atoms with Crippen molar-refractivity contribution >= 4 is 5.91 Å². The van der Waals surface area contributed by atoms with Gasteiger partial charge in [0.15, 0.2) is 0 Å². The van der Waals surface area contributed by atoms with Crippen molar-refractivity contribution in [3.05, 3.63) is 24.3 Å². The van der Waals surface area contributed by atoms with Crippen LogP contribution in [0.5, 0.6) is 0 Å². The number of carbonyl (C=O) groups excluding carboxylic acids is 1. The predicted octanol–water partition coefficient (Wildman–Crippen LogP) is 18.7. The minimum Gasteiger partial charge on any atom is -0.394 e. The highest BCUT2D eigenvalue weighted by molar-refractivity contribution is 5.76. The van der Waals surface area contributed by atoms with E-state index in [9.17, 15) is 15.0 Å². The van der Waals surface area contributed by atoms with Crippen LogP contribution in [0.1, 0.15) is 322 Å². The molecule has 368 valence electrons. The third kappa shape index (κ3) is 49.9. The SMILES string of the molecule is CCCCCCCCCC/C=C\CCCCCCCCCCCCCCCCCCCC(=O)NC(CO)C(O)/C=C/CCCCCCCCCCCCCCCCCCCCC. The number of amides is 1. The highest BCUT2D eigenvalue weighted by Gasteiger charge is 2.18. The second kappa shape index (κ2) is 54.2. The molecule has 0 saturated heterocycles. The number of carbonyl (C=O) groups is 1. The molecule has 4 heteroatoms. The molecule has 0 bridgehead atoms. The Morgan fingerprint density at radius 2 is 0.613 bits per heavy atom. The summed E-state index contributed by atoms with van der Waals surface area (Å²) in [5, 5.41) is 23.2. The molecule has 0 aromatic carbocycles. The van der Waals surface area contributed by atoms with E-state index in [0.717, 1.165) is 25.7 Å². The van der Waals surface area contributed by atoms with Crippen LogP contribution in [0.4, 0.5) is 0 Å². The van der Waals surface area contributed by atoms with Crippen molar-refractivity contribution in [2.75, 3.05) is 6.61 Å².